The predicted molar refractivity (Wildman–Crippen MR) is 40.6 cm³/mol. The Morgan fingerprint density at radius 1 is 1.20 bits per heavy atom. The minimum Gasteiger partial charge on any atom is -0.390 e. The van der Waals surface area contributed by atoms with Crippen molar-refractivity contribution in [2.45, 2.75) is 44.9 Å². The summed E-state index contributed by atoms with van der Waals surface area (Å²) in [7, 11) is 0. The van der Waals surface area contributed by atoms with Crippen LogP contribution in [0.15, 0.2) is 0 Å². The SMILES string of the molecule is CC[C@@H](O)[C@@H](O)[C@@H](N)CC. The number of aliphatic hydroxyl groups is 2. The molecule has 0 aliphatic rings. The molecule has 0 fully saturated rings. The van der Waals surface area contributed by atoms with Crippen molar-refractivity contribution < 1.29 is 10.2 Å². The number of aliphatic hydroxyl groups excluding tert-OH is 2. The molecule has 3 nitrogen and oxygen atoms in total. The Morgan fingerprint density at radius 2 is 1.70 bits per heavy atom. The summed E-state index contributed by atoms with van der Waals surface area (Å²) in [4.78, 5) is 0. The first-order valence-corrected chi connectivity index (χ1v) is 3.75. The molecule has 0 bridgehead atoms. The van der Waals surface area contributed by atoms with Crippen LogP contribution >= 0.6 is 0 Å². The van der Waals surface area contributed by atoms with Crippen LogP contribution in [0.2, 0.25) is 0 Å². The van der Waals surface area contributed by atoms with Crippen LogP contribution in [0.1, 0.15) is 26.7 Å². The fourth-order valence-electron chi connectivity index (χ4n) is 0.768. The first kappa shape index (κ1) is 9.88. The fraction of sp³-hybridized carbons (Fsp3) is 1.00. The second kappa shape index (κ2) is 4.66. The first-order chi connectivity index (χ1) is 4.63. The summed E-state index contributed by atoms with van der Waals surface area (Å²) in [5.41, 5.74) is 5.48. The molecule has 0 aromatic heterocycles. The normalized spacial score (nSPS) is 20.1. The van der Waals surface area contributed by atoms with E-state index in [1.807, 2.05) is 13.8 Å². The minimum atomic E-state index is -0.769. The van der Waals surface area contributed by atoms with Crippen molar-refractivity contribution >= 4 is 0 Å². The molecular weight excluding hydrogens is 130 g/mol. The van der Waals surface area contributed by atoms with E-state index in [2.05, 4.69) is 0 Å². The van der Waals surface area contributed by atoms with E-state index < -0.39 is 12.2 Å². The maximum Gasteiger partial charge on any atom is 0.0949 e. The van der Waals surface area contributed by atoms with Gasteiger partial charge in [-0.15, -0.1) is 0 Å². The van der Waals surface area contributed by atoms with Gasteiger partial charge in [-0.25, -0.2) is 0 Å². The van der Waals surface area contributed by atoms with Gasteiger partial charge in [0, 0.05) is 6.04 Å². The van der Waals surface area contributed by atoms with Gasteiger partial charge in [0.05, 0.1) is 12.2 Å². The molecule has 10 heavy (non-hydrogen) atoms. The standard InChI is InChI=1S/C7H17NO2/c1-3-5(8)7(10)6(9)4-2/h5-7,9-10H,3-4,8H2,1-2H3/t5-,6+,7-/m0/s1. The molecule has 0 aliphatic carbocycles. The van der Waals surface area contributed by atoms with Gasteiger partial charge in [0.2, 0.25) is 0 Å². The van der Waals surface area contributed by atoms with E-state index in [9.17, 15) is 5.11 Å². The summed E-state index contributed by atoms with van der Waals surface area (Å²) < 4.78 is 0. The lowest BCUT2D eigenvalue weighted by Gasteiger charge is -2.21. The quantitative estimate of drug-likeness (QED) is 0.518. The van der Waals surface area contributed by atoms with Crippen molar-refractivity contribution in [2.24, 2.45) is 5.73 Å². The highest BCUT2D eigenvalue weighted by molar-refractivity contribution is 4.76. The summed E-state index contributed by atoms with van der Waals surface area (Å²) in [5, 5.41) is 18.3. The van der Waals surface area contributed by atoms with E-state index in [-0.39, 0.29) is 6.04 Å². The Labute approximate surface area is 61.9 Å². The van der Waals surface area contributed by atoms with Crippen LogP contribution in [-0.4, -0.2) is 28.5 Å². The molecule has 3 atom stereocenters. The molecule has 0 amide bonds. The van der Waals surface area contributed by atoms with E-state index in [1.54, 1.807) is 0 Å². The maximum atomic E-state index is 9.21. The van der Waals surface area contributed by atoms with Crippen LogP contribution in [0.4, 0.5) is 0 Å². The Balaban J connectivity index is 3.69. The first-order valence-electron chi connectivity index (χ1n) is 3.75. The molecule has 0 unspecified atom stereocenters. The average molecular weight is 147 g/mol. The van der Waals surface area contributed by atoms with Crippen LogP contribution in [0.25, 0.3) is 0 Å². The predicted octanol–water partition coefficient (Wildman–Crippen LogP) is -0.145. The van der Waals surface area contributed by atoms with Gasteiger partial charge in [-0.3, -0.25) is 0 Å². The molecule has 0 spiro atoms. The third-order valence-corrected chi connectivity index (χ3v) is 1.72. The zero-order valence-electron chi connectivity index (χ0n) is 6.62. The molecule has 0 rings (SSSR count). The van der Waals surface area contributed by atoms with Gasteiger partial charge in [-0.2, -0.15) is 0 Å². The monoisotopic (exact) mass is 147 g/mol. The van der Waals surface area contributed by atoms with Crippen LogP contribution in [0.3, 0.4) is 0 Å². The Morgan fingerprint density at radius 3 is 2.00 bits per heavy atom. The molecule has 4 N–H and O–H groups in total. The van der Waals surface area contributed by atoms with Crippen molar-refractivity contribution in [1.82, 2.24) is 0 Å². The number of nitrogens with two attached hydrogens (primary N) is 1. The topological polar surface area (TPSA) is 66.5 Å². The van der Waals surface area contributed by atoms with Gasteiger partial charge in [0.25, 0.3) is 0 Å². The van der Waals surface area contributed by atoms with Gasteiger partial charge in [-0.05, 0) is 12.8 Å². The molecule has 3 heteroatoms. The third kappa shape index (κ3) is 2.64. The van der Waals surface area contributed by atoms with Gasteiger partial charge in [0.15, 0.2) is 0 Å². The summed E-state index contributed by atoms with van der Waals surface area (Å²) in [6.07, 6.45) is -0.197. The number of hydrogen-bond acceptors (Lipinski definition) is 3. The van der Waals surface area contributed by atoms with Crippen molar-refractivity contribution in [3.63, 3.8) is 0 Å². The highest BCUT2D eigenvalue weighted by Gasteiger charge is 2.19. The molecule has 62 valence electrons. The zero-order chi connectivity index (χ0) is 8.15. The summed E-state index contributed by atoms with van der Waals surface area (Å²) in [6.45, 7) is 3.70. The Kier molecular flexibility index (Phi) is 4.60. The number of hydrogen-bond donors (Lipinski definition) is 3. The molecule has 0 aromatic carbocycles. The molecule has 0 saturated carbocycles. The molecular formula is C7H17NO2. The highest BCUT2D eigenvalue weighted by atomic mass is 16.3. The zero-order valence-corrected chi connectivity index (χ0v) is 6.62. The summed E-state index contributed by atoms with van der Waals surface area (Å²) >= 11 is 0. The highest BCUT2D eigenvalue weighted by Crippen LogP contribution is 2.03. The van der Waals surface area contributed by atoms with Crippen LogP contribution < -0.4 is 5.73 Å². The largest absolute Gasteiger partial charge is 0.390 e. The molecule has 0 aliphatic heterocycles. The lowest BCUT2D eigenvalue weighted by molar-refractivity contribution is 0.00177. The smallest absolute Gasteiger partial charge is 0.0949 e. The van der Waals surface area contributed by atoms with E-state index in [0.717, 1.165) is 0 Å². The van der Waals surface area contributed by atoms with Gasteiger partial charge in [0.1, 0.15) is 0 Å². The number of rotatable bonds is 4. The van der Waals surface area contributed by atoms with Crippen molar-refractivity contribution in [1.29, 1.82) is 0 Å². The Bertz CT molecular complexity index is 77.7. The van der Waals surface area contributed by atoms with E-state index >= 15 is 0 Å². The molecule has 0 saturated heterocycles. The van der Waals surface area contributed by atoms with Crippen LogP contribution in [-0.2, 0) is 0 Å². The second-order valence-electron chi connectivity index (χ2n) is 2.54. The minimum absolute atomic E-state index is 0.296. The van der Waals surface area contributed by atoms with Crippen LogP contribution in [0, 0.1) is 0 Å². The van der Waals surface area contributed by atoms with Gasteiger partial charge in [-0.1, -0.05) is 13.8 Å². The summed E-state index contributed by atoms with van der Waals surface area (Å²) in [6, 6.07) is -0.296. The third-order valence-electron chi connectivity index (χ3n) is 1.72. The lowest BCUT2D eigenvalue weighted by atomic mass is 10.0. The maximum absolute atomic E-state index is 9.21. The van der Waals surface area contributed by atoms with E-state index in [4.69, 9.17) is 10.8 Å². The average Bonchev–Trinajstić information content (AvgIpc) is 2.00. The van der Waals surface area contributed by atoms with Crippen molar-refractivity contribution in [3.8, 4) is 0 Å². The molecule has 0 aromatic rings. The Hall–Kier alpha value is -0.120. The molecule has 0 heterocycles. The van der Waals surface area contributed by atoms with E-state index in [1.165, 1.54) is 0 Å². The summed E-state index contributed by atoms with van der Waals surface area (Å²) in [5.74, 6) is 0. The van der Waals surface area contributed by atoms with Gasteiger partial charge < -0.3 is 15.9 Å². The van der Waals surface area contributed by atoms with Crippen molar-refractivity contribution in [2.75, 3.05) is 0 Å². The second-order valence-corrected chi connectivity index (χ2v) is 2.54. The van der Waals surface area contributed by atoms with Gasteiger partial charge >= 0.3 is 0 Å². The molecule has 0 radical (unpaired) electrons. The lowest BCUT2D eigenvalue weighted by Crippen LogP contribution is -2.42. The van der Waals surface area contributed by atoms with Crippen molar-refractivity contribution in [3.05, 3.63) is 0 Å². The van der Waals surface area contributed by atoms with E-state index in [0.29, 0.717) is 12.8 Å². The fourth-order valence-corrected chi connectivity index (χ4v) is 0.768. The van der Waals surface area contributed by atoms with Crippen LogP contribution in [0.5, 0.6) is 0 Å².